The maximum Gasteiger partial charge on any atom is 0.391 e. The van der Waals surface area contributed by atoms with E-state index in [-0.39, 0.29) is 0 Å². The van der Waals surface area contributed by atoms with Gasteiger partial charge in [0.1, 0.15) is 6.04 Å². The lowest BCUT2D eigenvalue weighted by Gasteiger charge is -2.27. The van der Waals surface area contributed by atoms with Gasteiger partial charge in [0.25, 0.3) is 0 Å². The fraction of sp³-hybridized carbons (Fsp3) is 0.500. The predicted octanol–water partition coefficient (Wildman–Crippen LogP) is 3.05. The predicted molar refractivity (Wildman–Crippen MR) is 79.1 cm³/mol. The molecule has 1 rings (SSSR count). The smallest absolute Gasteiger partial charge is 0.391 e. The summed E-state index contributed by atoms with van der Waals surface area (Å²) in [7, 11) is 0. The van der Waals surface area contributed by atoms with Crippen LogP contribution in [0.2, 0.25) is 0 Å². The molecule has 23 heavy (non-hydrogen) atoms. The van der Waals surface area contributed by atoms with E-state index < -0.39 is 35.9 Å². The van der Waals surface area contributed by atoms with Crippen LogP contribution >= 0.6 is 0 Å². The molecule has 1 aromatic carbocycles. The summed E-state index contributed by atoms with van der Waals surface area (Å²) in [5.41, 5.74) is 0.514. The summed E-state index contributed by atoms with van der Waals surface area (Å²) in [6.45, 7) is 5.05. The largest absolute Gasteiger partial charge is 0.480 e. The molecular formula is C16H20F3NO3. The number of benzene rings is 1. The molecule has 4 nitrogen and oxygen atoms in total. The number of carbonyl (C=O) groups excluding carboxylic acids is 1. The summed E-state index contributed by atoms with van der Waals surface area (Å²) in [6.07, 6.45) is -5.47. The van der Waals surface area contributed by atoms with Gasteiger partial charge in [-0.3, -0.25) is 4.79 Å². The molecule has 1 unspecified atom stereocenters. The number of alkyl halides is 3. The van der Waals surface area contributed by atoms with Crippen molar-refractivity contribution in [3.63, 3.8) is 0 Å². The van der Waals surface area contributed by atoms with Crippen molar-refractivity contribution in [2.45, 2.75) is 51.2 Å². The van der Waals surface area contributed by atoms with Crippen molar-refractivity contribution in [1.29, 1.82) is 0 Å². The van der Waals surface area contributed by atoms with Gasteiger partial charge >= 0.3 is 12.1 Å². The highest BCUT2D eigenvalue weighted by Crippen LogP contribution is 2.26. The van der Waals surface area contributed by atoms with Crippen molar-refractivity contribution in [2.75, 3.05) is 0 Å². The number of carboxylic acid groups (broad SMARTS) is 1. The molecule has 7 heteroatoms. The Bertz CT molecular complexity index is 565. The normalized spacial score (nSPS) is 13.5. The Kier molecular flexibility index (Phi) is 5.80. The summed E-state index contributed by atoms with van der Waals surface area (Å²) in [6, 6.07) is 5.09. The second kappa shape index (κ2) is 7.02. The number of hydrogen-bond donors (Lipinski definition) is 2. The highest BCUT2D eigenvalue weighted by molar-refractivity contribution is 5.90. The minimum absolute atomic E-state index is 0.600. The fourth-order valence-corrected chi connectivity index (χ4v) is 2.06. The Hall–Kier alpha value is -2.05. The van der Waals surface area contributed by atoms with Gasteiger partial charge in [0.05, 0.1) is 11.8 Å². The van der Waals surface area contributed by atoms with E-state index in [1.807, 2.05) is 24.4 Å². The molecule has 1 amide bonds. The lowest BCUT2D eigenvalue weighted by molar-refractivity contribution is -0.160. The molecule has 1 atom stereocenters. The lowest BCUT2D eigenvalue weighted by atomic mass is 9.83. The number of nitrogens with one attached hydrogen (secondary N) is 1. The van der Waals surface area contributed by atoms with Crippen molar-refractivity contribution in [3.05, 3.63) is 35.4 Å². The number of amides is 1. The maximum absolute atomic E-state index is 12.4. The van der Waals surface area contributed by atoms with Crippen LogP contribution in [0.5, 0.6) is 0 Å². The van der Waals surface area contributed by atoms with E-state index in [4.69, 9.17) is 5.11 Å². The molecule has 0 bridgehead atoms. The van der Waals surface area contributed by atoms with Crippen LogP contribution in [-0.4, -0.2) is 29.2 Å². The second-order valence-electron chi connectivity index (χ2n) is 5.86. The summed E-state index contributed by atoms with van der Waals surface area (Å²) < 4.78 is 37.2. The van der Waals surface area contributed by atoms with Gasteiger partial charge in [-0.15, -0.1) is 0 Å². The van der Waals surface area contributed by atoms with Gasteiger partial charge in [-0.05, 0) is 31.4 Å². The Morgan fingerprint density at radius 2 is 1.70 bits per heavy atom. The van der Waals surface area contributed by atoms with Crippen molar-refractivity contribution in [3.8, 4) is 0 Å². The number of rotatable bonds is 6. The van der Waals surface area contributed by atoms with Crippen LogP contribution < -0.4 is 5.32 Å². The first kappa shape index (κ1) is 19.0. The van der Waals surface area contributed by atoms with E-state index >= 15 is 0 Å². The molecule has 2 N–H and O–H groups in total. The zero-order valence-corrected chi connectivity index (χ0v) is 13.2. The van der Waals surface area contributed by atoms with Gasteiger partial charge in [-0.25, -0.2) is 4.79 Å². The zero-order valence-electron chi connectivity index (χ0n) is 13.2. The van der Waals surface area contributed by atoms with Crippen LogP contribution in [0.15, 0.2) is 24.3 Å². The Balaban J connectivity index is 2.93. The van der Waals surface area contributed by atoms with Crippen molar-refractivity contribution in [1.82, 2.24) is 5.32 Å². The average Bonchev–Trinajstić information content (AvgIpc) is 2.45. The van der Waals surface area contributed by atoms with Crippen LogP contribution in [0, 0.1) is 0 Å². The quantitative estimate of drug-likeness (QED) is 0.842. The monoisotopic (exact) mass is 331 g/mol. The molecule has 1 aromatic rings. The minimum Gasteiger partial charge on any atom is -0.480 e. The van der Waals surface area contributed by atoms with Gasteiger partial charge in [0, 0.05) is 0 Å². The Labute approximate surface area is 132 Å². The molecule has 0 spiro atoms. The maximum atomic E-state index is 12.4. The van der Waals surface area contributed by atoms with E-state index in [1.165, 1.54) is 13.8 Å². The van der Waals surface area contributed by atoms with Crippen molar-refractivity contribution in [2.24, 2.45) is 0 Å². The highest BCUT2D eigenvalue weighted by atomic mass is 19.4. The van der Waals surface area contributed by atoms with Gasteiger partial charge in [0.15, 0.2) is 0 Å². The number of aliphatic carboxylic acids is 1. The summed E-state index contributed by atoms with van der Waals surface area (Å²) >= 11 is 0. The molecular weight excluding hydrogens is 311 g/mol. The molecule has 0 heterocycles. The average molecular weight is 331 g/mol. The Morgan fingerprint density at radius 1 is 1.17 bits per heavy atom. The summed E-state index contributed by atoms with van der Waals surface area (Å²) in [4.78, 5) is 23.2. The second-order valence-corrected chi connectivity index (χ2v) is 5.86. The molecule has 0 aliphatic heterocycles. The molecule has 0 radical (unpaired) electrons. The first-order valence-electron chi connectivity index (χ1n) is 7.17. The van der Waals surface area contributed by atoms with E-state index in [9.17, 15) is 22.8 Å². The molecule has 0 fully saturated rings. The van der Waals surface area contributed by atoms with Gasteiger partial charge in [0.2, 0.25) is 5.91 Å². The topological polar surface area (TPSA) is 66.4 Å². The van der Waals surface area contributed by atoms with E-state index in [1.54, 1.807) is 12.1 Å². The molecule has 0 aromatic heterocycles. The summed E-state index contributed by atoms with van der Waals surface area (Å²) in [5, 5.41) is 10.9. The van der Waals surface area contributed by atoms with Gasteiger partial charge in [-0.1, -0.05) is 31.2 Å². The SMILES string of the molecule is CCc1ccc(C(C)(C)C(=O)NC(CC(F)(F)F)C(=O)O)cc1. The summed E-state index contributed by atoms with van der Waals surface area (Å²) in [5.74, 6) is -2.48. The zero-order chi connectivity index (χ0) is 17.8. The number of hydrogen-bond acceptors (Lipinski definition) is 2. The third-order valence-corrected chi connectivity index (χ3v) is 3.69. The van der Waals surface area contributed by atoms with Crippen LogP contribution in [0.3, 0.4) is 0 Å². The van der Waals surface area contributed by atoms with Gasteiger partial charge < -0.3 is 10.4 Å². The standard InChI is InChI=1S/C16H20F3NO3/c1-4-10-5-7-11(8-6-10)15(2,3)14(23)20-12(13(21)22)9-16(17,18)19/h5-8,12H,4,9H2,1-3H3,(H,20,23)(H,21,22). The van der Waals surface area contributed by atoms with Crippen molar-refractivity contribution >= 4 is 11.9 Å². The number of carboxylic acids is 1. The molecule has 128 valence electrons. The number of aryl methyl sites for hydroxylation is 1. The first-order valence-corrected chi connectivity index (χ1v) is 7.17. The van der Waals surface area contributed by atoms with E-state index in [2.05, 4.69) is 0 Å². The van der Waals surface area contributed by atoms with Crippen molar-refractivity contribution < 1.29 is 27.9 Å². The highest BCUT2D eigenvalue weighted by Gasteiger charge is 2.39. The van der Waals surface area contributed by atoms with Crippen LogP contribution in [0.4, 0.5) is 13.2 Å². The van der Waals surface area contributed by atoms with Crippen LogP contribution in [-0.2, 0) is 21.4 Å². The number of carbonyl (C=O) groups is 2. The minimum atomic E-state index is -4.68. The third kappa shape index (κ3) is 5.26. The Morgan fingerprint density at radius 3 is 2.09 bits per heavy atom. The third-order valence-electron chi connectivity index (χ3n) is 3.69. The van der Waals surface area contributed by atoms with Gasteiger partial charge in [-0.2, -0.15) is 13.2 Å². The molecule has 0 aliphatic rings. The van der Waals surface area contributed by atoms with E-state index in [0.29, 0.717) is 5.56 Å². The first-order chi connectivity index (χ1) is 10.5. The van der Waals surface area contributed by atoms with E-state index in [0.717, 1.165) is 12.0 Å². The number of halogens is 3. The lowest BCUT2D eigenvalue weighted by Crippen LogP contribution is -2.49. The molecule has 0 saturated heterocycles. The van der Waals surface area contributed by atoms with Crippen LogP contribution in [0.1, 0.15) is 38.3 Å². The molecule has 0 aliphatic carbocycles. The molecule has 0 saturated carbocycles. The fourth-order valence-electron chi connectivity index (χ4n) is 2.06. The van der Waals surface area contributed by atoms with Crippen LogP contribution in [0.25, 0.3) is 0 Å².